The summed E-state index contributed by atoms with van der Waals surface area (Å²) in [7, 11) is 1.48. The molecule has 0 bridgehead atoms. The SMILES string of the molecule is CCCCC/C=C\C/C=C\C/C=C\CCCCCCCCCCC(=O)NC(COP(=O)(O)OCC[N+](C)(C)C)C(/C=C/CCCCCCCCCCC)OC(=O)CCCCCCCCCC/C=C\C/C=C\C/C=C\CCCCC. The highest BCUT2D eigenvalue weighted by Gasteiger charge is 2.30. The van der Waals surface area contributed by atoms with Crippen LogP contribution in [0.1, 0.15) is 290 Å². The van der Waals surface area contributed by atoms with Crippen molar-refractivity contribution < 1.29 is 37.3 Å². The number of carbonyl (C=O) groups is 2. The highest BCUT2D eigenvalue weighted by Crippen LogP contribution is 2.43. The van der Waals surface area contributed by atoms with Gasteiger partial charge in [0.1, 0.15) is 19.3 Å². The zero-order valence-electron chi connectivity index (χ0n) is 52.3. The molecule has 0 spiro atoms. The molecule has 0 fully saturated rings. The zero-order chi connectivity index (χ0) is 57.9. The molecule has 0 aliphatic rings. The maximum atomic E-state index is 13.6. The van der Waals surface area contributed by atoms with E-state index in [0.29, 0.717) is 17.4 Å². The molecule has 0 aliphatic carbocycles. The predicted octanol–water partition coefficient (Wildman–Crippen LogP) is 20.6. The topological polar surface area (TPSA) is 111 Å². The number of unbranched alkanes of at least 4 members (excludes halogenated alkanes) is 31. The molecule has 9 nitrogen and oxygen atoms in total. The molecule has 10 heteroatoms. The highest BCUT2D eigenvalue weighted by molar-refractivity contribution is 7.47. The summed E-state index contributed by atoms with van der Waals surface area (Å²) in [6.07, 6.45) is 77.2. The molecule has 0 aromatic carbocycles. The second kappa shape index (κ2) is 58.4. The minimum Gasteiger partial charge on any atom is -0.456 e. The molecule has 0 aromatic rings. The molecule has 0 aliphatic heterocycles. The predicted molar refractivity (Wildman–Crippen MR) is 341 cm³/mol. The number of hydrogen-bond acceptors (Lipinski definition) is 6. The molecule has 0 aromatic heterocycles. The van der Waals surface area contributed by atoms with Crippen LogP contribution in [0.4, 0.5) is 0 Å². The first kappa shape index (κ1) is 76.2. The molecule has 3 unspecified atom stereocenters. The van der Waals surface area contributed by atoms with E-state index in [1.807, 2.05) is 33.3 Å². The fourth-order valence-electron chi connectivity index (χ4n) is 9.19. The molecule has 0 radical (unpaired) electrons. The van der Waals surface area contributed by atoms with Crippen LogP contribution in [-0.4, -0.2) is 74.3 Å². The van der Waals surface area contributed by atoms with E-state index >= 15 is 0 Å². The van der Waals surface area contributed by atoms with Crippen LogP contribution >= 0.6 is 7.82 Å². The fraction of sp³-hybridized carbons (Fsp3) is 0.768. The lowest BCUT2D eigenvalue weighted by Crippen LogP contribution is -2.47. The number of phosphoric ester groups is 1. The summed E-state index contributed by atoms with van der Waals surface area (Å²) in [6, 6.07) is -0.860. The first-order valence-corrected chi connectivity index (χ1v) is 34.4. The maximum Gasteiger partial charge on any atom is 0.472 e. The minimum absolute atomic E-state index is 0.0342. The minimum atomic E-state index is -4.46. The standard InChI is InChI=1S/C69H125N2O7P/c1-7-10-13-16-19-22-25-27-29-31-33-35-37-39-41-43-46-49-52-55-58-61-68(72)70-66(65-77-79(74,75)76-64-63-71(4,5)6)67(60-57-54-51-48-45-24-21-18-15-12-9-3)78-69(73)62-59-56-53-50-47-44-42-40-38-36-34-32-30-28-26-23-20-17-14-11-8-2/h19-20,22-23,27-30,33-36,57,60,66-67H,7-18,21,24-26,31-32,37-56,58-59,61-65H2,1-6H3,(H-,70,72,74,75)/p+1/b22-19-,23-20-,29-27-,30-28-,35-33-,36-34-,60-57+. The van der Waals surface area contributed by atoms with Gasteiger partial charge in [-0.05, 0) is 109 Å². The number of likely N-dealkylation sites (N-methyl/N-ethyl adjacent to an activating group) is 1. The van der Waals surface area contributed by atoms with Gasteiger partial charge < -0.3 is 19.4 Å². The van der Waals surface area contributed by atoms with Crippen molar-refractivity contribution in [2.45, 2.75) is 303 Å². The second-order valence-corrected chi connectivity index (χ2v) is 24.7. The van der Waals surface area contributed by atoms with Crippen molar-refractivity contribution in [1.29, 1.82) is 0 Å². The third-order valence-electron chi connectivity index (χ3n) is 14.3. The van der Waals surface area contributed by atoms with Crippen LogP contribution < -0.4 is 5.32 Å². The van der Waals surface area contributed by atoms with Gasteiger partial charge in [0.05, 0.1) is 33.8 Å². The van der Waals surface area contributed by atoms with E-state index in [9.17, 15) is 19.0 Å². The number of esters is 1. The van der Waals surface area contributed by atoms with Gasteiger partial charge in [0, 0.05) is 12.8 Å². The van der Waals surface area contributed by atoms with Crippen molar-refractivity contribution in [3.63, 3.8) is 0 Å². The van der Waals surface area contributed by atoms with E-state index in [4.69, 9.17) is 13.8 Å². The Morgan fingerprint density at radius 2 is 0.772 bits per heavy atom. The molecule has 0 rings (SSSR count). The van der Waals surface area contributed by atoms with Gasteiger partial charge >= 0.3 is 13.8 Å². The van der Waals surface area contributed by atoms with Crippen LogP contribution in [0.5, 0.6) is 0 Å². The third kappa shape index (κ3) is 59.6. The Labute approximate surface area is 488 Å². The number of quaternary nitrogens is 1. The van der Waals surface area contributed by atoms with E-state index in [1.165, 1.54) is 148 Å². The summed E-state index contributed by atoms with van der Waals surface area (Å²) >= 11 is 0. The van der Waals surface area contributed by atoms with Gasteiger partial charge in [0.2, 0.25) is 5.91 Å². The van der Waals surface area contributed by atoms with Crippen molar-refractivity contribution in [1.82, 2.24) is 5.32 Å². The normalized spacial score (nSPS) is 14.2. The molecular weight excluding hydrogens is 1000 g/mol. The quantitative estimate of drug-likeness (QED) is 0.0205. The van der Waals surface area contributed by atoms with Crippen LogP contribution in [0.3, 0.4) is 0 Å². The highest BCUT2D eigenvalue weighted by atomic mass is 31.2. The van der Waals surface area contributed by atoms with Gasteiger partial charge in [0.15, 0.2) is 0 Å². The van der Waals surface area contributed by atoms with Gasteiger partial charge in [-0.1, -0.05) is 254 Å². The lowest BCUT2D eigenvalue weighted by Gasteiger charge is -2.27. The lowest BCUT2D eigenvalue weighted by molar-refractivity contribution is -0.870. The molecule has 0 saturated heterocycles. The average Bonchev–Trinajstić information content (AvgIpc) is 3.41. The monoisotopic (exact) mass is 1130 g/mol. The number of nitrogens with one attached hydrogen (secondary N) is 1. The first-order valence-electron chi connectivity index (χ1n) is 32.9. The smallest absolute Gasteiger partial charge is 0.456 e. The number of amides is 1. The summed E-state index contributed by atoms with van der Waals surface area (Å²) in [5.41, 5.74) is 0. The Bertz CT molecular complexity index is 1630. The van der Waals surface area contributed by atoms with Crippen LogP contribution in [-0.2, 0) is 27.9 Å². The van der Waals surface area contributed by atoms with Crippen LogP contribution in [0.15, 0.2) is 85.1 Å². The van der Waals surface area contributed by atoms with E-state index in [-0.39, 0.29) is 31.5 Å². The summed E-state index contributed by atoms with van der Waals surface area (Å²) in [6.45, 7) is 6.95. The molecule has 0 saturated carbocycles. The number of phosphoric acid groups is 1. The Morgan fingerprint density at radius 1 is 0.443 bits per heavy atom. The molecule has 0 heterocycles. The maximum absolute atomic E-state index is 13.6. The summed E-state index contributed by atoms with van der Waals surface area (Å²) in [5.74, 6) is -0.520. The largest absolute Gasteiger partial charge is 0.472 e. The Morgan fingerprint density at radius 3 is 1.18 bits per heavy atom. The van der Waals surface area contributed by atoms with Crippen LogP contribution in [0.25, 0.3) is 0 Å². The van der Waals surface area contributed by atoms with Crippen LogP contribution in [0.2, 0.25) is 0 Å². The summed E-state index contributed by atoms with van der Waals surface area (Å²) in [4.78, 5) is 37.8. The lowest BCUT2D eigenvalue weighted by atomic mass is 10.0. The molecule has 2 N–H and O–H groups in total. The number of hydrogen-bond donors (Lipinski definition) is 2. The molecule has 1 amide bonds. The number of rotatable bonds is 59. The van der Waals surface area contributed by atoms with Crippen LogP contribution in [0, 0.1) is 0 Å². The number of carbonyl (C=O) groups excluding carboxylic acids is 2. The van der Waals surface area contributed by atoms with E-state index in [1.54, 1.807) is 0 Å². The Hall–Kier alpha value is -2.81. The van der Waals surface area contributed by atoms with Gasteiger partial charge in [-0.3, -0.25) is 18.6 Å². The first-order chi connectivity index (χ1) is 38.4. The van der Waals surface area contributed by atoms with Gasteiger partial charge in [-0.2, -0.15) is 0 Å². The summed E-state index contributed by atoms with van der Waals surface area (Å²) in [5, 5.41) is 3.06. The van der Waals surface area contributed by atoms with E-state index in [0.717, 1.165) is 109 Å². The molecule has 458 valence electrons. The number of nitrogens with zero attached hydrogens (tertiary/aromatic N) is 1. The van der Waals surface area contributed by atoms with Gasteiger partial charge in [-0.15, -0.1) is 0 Å². The van der Waals surface area contributed by atoms with Crippen molar-refractivity contribution in [2.24, 2.45) is 0 Å². The summed E-state index contributed by atoms with van der Waals surface area (Å²) < 4.78 is 30.7. The van der Waals surface area contributed by atoms with Crippen molar-refractivity contribution in [3.05, 3.63) is 85.1 Å². The Kier molecular flexibility index (Phi) is 56.3. The van der Waals surface area contributed by atoms with Crippen molar-refractivity contribution >= 4 is 19.7 Å². The van der Waals surface area contributed by atoms with E-state index < -0.39 is 20.0 Å². The third-order valence-corrected chi connectivity index (χ3v) is 15.3. The number of allylic oxidation sites excluding steroid dienone is 13. The second-order valence-electron chi connectivity index (χ2n) is 23.3. The Balaban J connectivity index is 5.18. The zero-order valence-corrected chi connectivity index (χ0v) is 53.2. The molecular formula is C69H126N2O7P+. The van der Waals surface area contributed by atoms with Gasteiger partial charge in [0.25, 0.3) is 0 Å². The van der Waals surface area contributed by atoms with Gasteiger partial charge in [-0.25, -0.2) is 4.57 Å². The van der Waals surface area contributed by atoms with Crippen molar-refractivity contribution in [3.8, 4) is 0 Å². The van der Waals surface area contributed by atoms with E-state index in [2.05, 4.69) is 99.0 Å². The average molecular weight is 1130 g/mol. The van der Waals surface area contributed by atoms with Crippen molar-refractivity contribution in [2.75, 3.05) is 40.9 Å². The molecule has 79 heavy (non-hydrogen) atoms. The number of ether oxygens (including phenoxy) is 1. The molecule has 3 atom stereocenters. The fourth-order valence-corrected chi connectivity index (χ4v) is 9.93.